The standard InChI is InChI=1S/C17H21FN2O3S/c1-10(9-22-3)20-11(2)14(16(21)23-4)15(19-17(20)24)12-6-5-7-13(18)8-12/h5-8,10,15H,9H2,1-4H3,(H,19,24)/t10-,15+/m1/s1. The number of allylic oxidation sites excluding steroid dienone is 1. The lowest BCUT2D eigenvalue weighted by molar-refractivity contribution is -0.136. The molecule has 5 nitrogen and oxygen atoms in total. The molecule has 1 heterocycles. The highest BCUT2D eigenvalue weighted by molar-refractivity contribution is 7.80. The molecule has 2 atom stereocenters. The van der Waals surface area contributed by atoms with Crippen LogP contribution >= 0.6 is 12.2 Å². The molecule has 0 aliphatic carbocycles. The molecule has 0 unspecified atom stereocenters. The number of thiocarbonyl (C=S) groups is 1. The summed E-state index contributed by atoms with van der Waals surface area (Å²) in [5.74, 6) is -0.858. The van der Waals surface area contributed by atoms with Crippen LogP contribution in [0.4, 0.5) is 4.39 Å². The van der Waals surface area contributed by atoms with E-state index < -0.39 is 12.0 Å². The zero-order chi connectivity index (χ0) is 17.9. The lowest BCUT2D eigenvalue weighted by Crippen LogP contribution is -2.52. The van der Waals surface area contributed by atoms with Crippen LogP contribution in [-0.4, -0.2) is 42.8 Å². The highest BCUT2D eigenvalue weighted by atomic mass is 32.1. The first-order valence-corrected chi connectivity index (χ1v) is 7.94. The molecule has 1 N–H and O–H groups in total. The Morgan fingerprint density at radius 2 is 2.17 bits per heavy atom. The molecule has 7 heteroatoms. The predicted molar refractivity (Wildman–Crippen MR) is 92.8 cm³/mol. The van der Waals surface area contributed by atoms with E-state index in [1.54, 1.807) is 26.2 Å². The minimum atomic E-state index is -0.563. The molecule has 1 aromatic rings. The number of hydrogen-bond donors (Lipinski definition) is 1. The van der Waals surface area contributed by atoms with Crippen LogP contribution in [0.1, 0.15) is 25.5 Å². The van der Waals surface area contributed by atoms with Gasteiger partial charge in [-0.1, -0.05) is 12.1 Å². The maximum absolute atomic E-state index is 13.6. The highest BCUT2D eigenvalue weighted by Crippen LogP contribution is 2.32. The summed E-state index contributed by atoms with van der Waals surface area (Å²) >= 11 is 5.46. The molecule has 130 valence electrons. The maximum atomic E-state index is 13.6. The van der Waals surface area contributed by atoms with Gasteiger partial charge in [-0.05, 0) is 43.8 Å². The summed E-state index contributed by atoms with van der Waals surface area (Å²) in [6.07, 6.45) is 0. The second kappa shape index (κ2) is 7.72. The molecule has 0 spiro atoms. The van der Waals surface area contributed by atoms with Crippen LogP contribution < -0.4 is 5.32 Å². The third-order valence-electron chi connectivity index (χ3n) is 3.96. The molecule has 0 saturated carbocycles. The smallest absolute Gasteiger partial charge is 0.337 e. The van der Waals surface area contributed by atoms with Crippen molar-refractivity contribution in [3.63, 3.8) is 0 Å². The van der Waals surface area contributed by atoms with Gasteiger partial charge in [0.2, 0.25) is 0 Å². The second-order valence-corrected chi connectivity index (χ2v) is 5.99. The molecule has 0 aromatic heterocycles. The van der Waals surface area contributed by atoms with E-state index in [9.17, 15) is 9.18 Å². The fourth-order valence-electron chi connectivity index (χ4n) is 2.91. The molecule has 0 bridgehead atoms. The van der Waals surface area contributed by atoms with Gasteiger partial charge in [-0.25, -0.2) is 9.18 Å². The van der Waals surface area contributed by atoms with Crippen molar-refractivity contribution in [2.45, 2.75) is 25.9 Å². The lowest BCUT2D eigenvalue weighted by atomic mass is 9.94. The third kappa shape index (κ3) is 3.57. The maximum Gasteiger partial charge on any atom is 0.337 e. The van der Waals surface area contributed by atoms with E-state index in [4.69, 9.17) is 21.7 Å². The summed E-state index contributed by atoms with van der Waals surface area (Å²) in [5, 5.41) is 3.58. The summed E-state index contributed by atoms with van der Waals surface area (Å²) in [7, 11) is 2.92. The average Bonchev–Trinajstić information content (AvgIpc) is 2.54. The van der Waals surface area contributed by atoms with Gasteiger partial charge in [0.1, 0.15) is 5.82 Å². The topological polar surface area (TPSA) is 50.8 Å². The molecule has 0 fully saturated rings. The first-order valence-electron chi connectivity index (χ1n) is 7.53. The van der Waals surface area contributed by atoms with E-state index in [-0.39, 0.29) is 11.9 Å². The molecule has 0 saturated heterocycles. The van der Waals surface area contributed by atoms with Crippen molar-refractivity contribution in [1.29, 1.82) is 0 Å². The van der Waals surface area contributed by atoms with Gasteiger partial charge in [-0.3, -0.25) is 0 Å². The van der Waals surface area contributed by atoms with Gasteiger partial charge in [-0.2, -0.15) is 0 Å². The zero-order valence-corrected chi connectivity index (χ0v) is 14.9. The molecule has 1 aromatic carbocycles. The summed E-state index contributed by atoms with van der Waals surface area (Å²) in [6, 6.07) is 5.44. The Bertz CT molecular complexity index is 678. The molecular formula is C17H21FN2O3S. The van der Waals surface area contributed by atoms with E-state index >= 15 is 0 Å². The number of nitrogens with one attached hydrogen (secondary N) is 1. The van der Waals surface area contributed by atoms with Gasteiger partial charge in [0.05, 0.1) is 31.4 Å². The van der Waals surface area contributed by atoms with Crippen LogP contribution in [0.15, 0.2) is 35.5 Å². The minimum Gasteiger partial charge on any atom is -0.466 e. The van der Waals surface area contributed by atoms with Crippen molar-refractivity contribution in [2.75, 3.05) is 20.8 Å². The van der Waals surface area contributed by atoms with Crippen LogP contribution in [0, 0.1) is 5.82 Å². The van der Waals surface area contributed by atoms with Crippen LogP contribution in [0.3, 0.4) is 0 Å². The van der Waals surface area contributed by atoms with Crippen molar-refractivity contribution in [3.8, 4) is 0 Å². The first kappa shape index (κ1) is 18.4. The Balaban J connectivity index is 2.53. The Morgan fingerprint density at radius 1 is 1.46 bits per heavy atom. The fraction of sp³-hybridized carbons (Fsp3) is 0.412. The fourth-order valence-corrected chi connectivity index (χ4v) is 3.35. The average molecular weight is 352 g/mol. The number of ether oxygens (including phenoxy) is 2. The van der Waals surface area contributed by atoms with Crippen molar-refractivity contribution in [3.05, 3.63) is 46.9 Å². The number of hydrogen-bond acceptors (Lipinski definition) is 4. The quantitative estimate of drug-likeness (QED) is 0.649. The Kier molecular flexibility index (Phi) is 5.90. The number of rotatable bonds is 5. The van der Waals surface area contributed by atoms with E-state index in [0.29, 0.717) is 28.6 Å². The van der Waals surface area contributed by atoms with Crippen molar-refractivity contribution in [2.24, 2.45) is 0 Å². The lowest BCUT2D eigenvalue weighted by Gasteiger charge is -2.40. The third-order valence-corrected chi connectivity index (χ3v) is 4.28. The van der Waals surface area contributed by atoms with Gasteiger partial charge >= 0.3 is 5.97 Å². The van der Waals surface area contributed by atoms with E-state index in [2.05, 4.69) is 5.32 Å². The van der Waals surface area contributed by atoms with E-state index in [1.165, 1.54) is 19.2 Å². The highest BCUT2D eigenvalue weighted by Gasteiger charge is 2.36. The molecule has 24 heavy (non-hydrogen) atoms. The summed E-state index contributed by atoms with van der Waals surface area (Å²) in [6.45, 7) is 4.19. The van der Waals surface area contributed by atoms with Gasteiger partial charge in [0.15, 0.2) is 5.11 Å². The summed E-state index contributed by atoms with van der Waals surface area (Å²) in [5.41, 5.74) is 1.68. The predicted octanol–water partition coefficient (Wildman–Crippen LogP) is 2.54. The summed E-state index contributed by atoms with van der Waals surface area (Å²) in [4.78, 5) is 14.2. The van der Waals surface area contributed by atoms with Gasteiger partial charge < -0.3 is 19.7 Å². The number of esters is 1. The molecule has 1 aliphatic rings. The summed E-state index contributed by atoms with van der Waals surface area (Å²) < 4.78 is 23.7. The molecule has 0 radical (unpaired) electrons. The molecule has 2 rings (SSSR count). The van der Waals surface area contributed by atoms with Crippen LogP contribution in [-0.2, 0) is 14.3 Å². The van der Waals surface area contributed by atoms with Crippen molar-refractivity contribution in [1.82, 2.24) is 10.2 Å². The van der Waals surface area contributed by atoms with Gasteiger partial charge in [-0.15, -0.1) is 0 Å². The largest absolute Gasteiger partial charge is 0.466 e. The van der Waals surface area contributed by atoms with Crippen LogP contribution in [0.2, 0.25) is 0 Å². The SMILES string of the molecule is COC[C@@H](C)N1C(=S)N[C@@H](c2cccc(F)c2)C(C(=O)OC)=C1C. The number of methoxy groups -OCH3 is 2. The zero-order valence-electron chi connectivity index (χ0n) is 14.1. The number of nitrogens with zero attached hydrogens (tertiary/aromatic N) is 1. The minimum absolute atomic E-state index is 0.0666. The number of carbonyl (C=O) groups is 1. The normalized spacial score (nSPS) is 19.1. The number of carbonyl (C=O) groups excluding carboxylic acids is 1. The second-order valence-electron chi connectivity index (χ2n) is 5.60. The van der Waals surface area contributed by atoms with Crippen LogP contribution in [0.5, 0.6) is 0 Å². The van der Waals surface area contributed by atoms with Gasteiger partial charge in [0.25, 0.3) is 0 Å². The van der Waals surface area contributed by atoms with Crippen LogP contribution in [0.25, 0.3) is 0 Å². The molecular weight excluding hydrogens is 331 g/mol. The first-order chi connectivity index (χ1) is 11.4. The Morgan fingerprint density at radius 3 is 2.75 bits per heavy atom. The van der Waals surface area contributed by atoms with Crippen molar-refractivity contribution >= 4 is 23.3 Å². The molecule has 0 amide bonds. The number of halogens is 1. The van der Waals surface area contributed by atoms with Gasteiger partial charge in [0, 0.05) is 12.8 Å². The molecule has 1 aliphatic heterocycles. The Hall–Kier alpha value is -1.99. The van der Waals surface area contributed by atoms with E-state index in [1.807, 2.05) is 11.8 Å². The van der Waals surface area contributed by atoms with E-state index in [0.717, 1.165) is 0 Å². The van der Waals surface area contributed by atoms with Crippen molar-refractivity contribution < 1.29 is 18.7 Å². The number of benzene rings is 1. The monoisotopic (exact) mass is 352 g/mol. The Labute approximate surface area is 146 Å².